The van der Waals surface area contributed by atoms with Gasteiger partial charge in [0.1, 0.15) is 0 Å². The fourth-order valence-electron chi connectivity index (χ4n) is 2.35. The van der Waals surface area contributed by atoms with Crippen molar-refractivity contribution >= 4 is 34.8 Å². The van der Waals surface area contributed by atoms with E-state index in [1.807, 2.05) is 18.2 Å². The number of rotatable bonds is 4. The Kier molecular flexibility index (Phi) is 5.91. The van der Waals surface area contributed by atoms with E-state index in [4.69, 9.17) is 23.2 Å². The predicted molar refractivity (Wildman–Crippen MR) is 85.9 cm³/mol. The van der Waals surface area contributed by atoms with Crippen molar-refractivity contribution in [3.63, 3.8) is 0 Å². The second-order valence-corrected chi connectivity index (χ2v) is 5.71. The molecule has 1 aromatic rings. The van der Waals surface area contributed by atoms with Gasteiger partial charge in [-0.1, -0.05) is 35.3 Å². The van der Waals surface area contributed by atoms with Gasteiger partial charge in [0.05, 0.1) is 18.2 Å². The molecule has 4 nitrogen and oxygen atoms in total. The Labute approximate surface area is 134 Å². The monoisotopic (exact) mass is 328 g/mol. The van der Waals surface area contributed by atoms with E-state index in [-0.39, 0.29) is 5.91 Å². The lowest BCUT2D eigenvalue weighted by Crippen LogP contribution is -2.42. The number of β-amino-alcohol motifs (C(OH)–C–C–N with tert-alkyl or cyclic N) is 1. The Morgan fingerprint density at radius 2 is 2.24 bits per heavy atom. The number of para-hydroxylation sites is 1. The molecule has 1 amide bonds. The van der Waals surface area contributed by atoms with E-state index in [0.717, 1.165) is 12.8 Å². The second-order valence-electron chi connectivity index (χ2n) is 5.00. The Bertz CT molecular complexity index is 534. The van der Waals surface area contributed by atoms with Gasteiger partial charge in [-0.3, -0.25) is 4.79 Å². The quantitative estimate of drug-likeness (QED) is 0.893. The highest BCUT2D eigenvalue weighted by atomic mass is 35.5. The number of carbonyl (C=O) groups excluding carboxylic acids is 1. The zero-order chi connectivity index (χ0) is 15.2. The van der Waals surface area contributed by atoms with E-state index < -0.39 is 6.10 Å². The van der Waals surface area contributed by atoms with Gasteiger partial charge in [-0.2, -0.15) is 0 Å². The Morgan fingerprint density at radius 1 is 1.48 bits per heavy atom. The molecule has 1 aliphatic rings. The molecular formula is C15H18Cl2N2O2. The highest BCUT2D eigenvalue weighted by Crippen LogP contribution is 2.20. The summed E-state index contributed by atoms with van der Waals surface area (Å²) in [4.78, 5) is 14.3. The summed E-state index contributed by atoms with van der Waals surface area (Å²) in [6.45, 7) is 1.42. The van der Waals surface area contributed by atoms with Crippen LogP contribution < -0.4 is 5.32 Å². The molecule has 1 aliphatic heterocycles. The van der Waals surface area contributed by atoms with Crippen LogP contribution in [0.15, 0.2) is 34.8 Å². The highest BCUT2D eigenvalue weighted by molar-refractivity contribution is 6.36. The number of halogens is 2. The fourth-order valence-corrected chi connectivity index (χ4v) is 2.50. The first-order valence-electron chi connectivity index (χ1n) is 6.87. The maximum atomic E-state index is 12.6. The molecule has 6 heteroatoms. The van der Waals surface area contributed by atoms with Crippen LogP contribution in [0.4, 0.5) is 5.69 Å². The van der Waals surface area contributed by atoms with E-state index in [2.05, 4.69) is 5.32 Å². The number of anilines is 1. The molecule has 2 rings (SSSR count). The average Bonchev–Trinajstić information content (AvgIpc) is 2.52. The molecule has 2 N–H and O–H groups in total. The molecule has 1 saturated heterocycles. The van der Waals surface area contributed by atoms with Crippen molar-refractivity contribution in [3.8, 4) is 0 Å². The van der Waals surface area contributed by atoms with Gasteiger partial charge in [0.15, 0.2) is 0 Å². The van der Waals surface area contributed by atoms with Crippen LogP contribution in [0.2, 0.25) is 0 Å². The first-order valence-corrected chi connectivity index (χ1v) is 7.68. The lowest BCUT2D eigenvalue weighted by molar-refractivity contribution is 0.0474. The van der Waals surface area contributed by atoms with Crippen molar-refractivity contribution in [3.05, 3.63) is 40.4 Å². The largest absolute Gasteiger partial charge is 0.391 e. The number of aliphatic hydroxyl groups excluding tert-OH is 1. The predicted octanol–water partition coefficient (Wildman–Crippen LogP) is 3.01. The summed E-state index contributed by atoms with van der Waals surface area (Å²) in [5, 5.41) is 13.3. The Hall–Kier alpha value is -1.23. The first-order chi connectivity index (χ1) is 10.1. The molecule has 1 atom stereocenters. The van der Waals surface area contributed by atoms with Gasteiger partial charge in [-0.15, -0.1) is 0 Å². The minimum absolute atomic E-state index is 0.0807. The lowest BCUT2D eigenvalue weighted by Gasteiger charge is -2.30. The lowest BCUT2D eigenvalue weighted by atomic mass is 10.1. The summed E-state index contributed by atoms with van der Waals surface area (Å²) in [6.07, 6.45) is 1.14. The molecule has 1 aromatic carbocycles. The molecule has 114 valence electrons. The molecule has 1 heterocycles. The van der Waals surface area contributed by atoms with Crippen LogP contribution in [0.1, 0.15) is 23.2 Å². The summed E-state index contributed by atoms with van der Waals surface area (Å²) in [6, 6.07) is 7.26. The van der Waals surface area contributed by atoms with Crippen molar-refractivity contribution in [2.45, 2.75) is 18.9 Å². The number of hydrogen-bond donors (Lipinski definition) is 2. The van der Waals surface area contributed by atoms with Crippen molar-refractivity contribution in [1.82, 2.24) is 4.90 Å². The number of nitrogens with one attached hydrogen (secondary N) is 1. The summed E-state index contributed by atoms with van der Waals surface area (Å²) in [5.74, 6) is -0.0807. The van der Waals surface area contributed by atoms with Crippen LogP contribution in [-0.2, 0) is 0 Å². The molecule has 1 fully saturated rings. The molecular weight excluding hydrogens is 311 g/mol. The number of aliphatic hydroxyl groups is 1. The van der Waals surface area contributed by atoms with Crippen LogP contribution in [0.25, 0.3) is 0 Å². The number of nitrogens with zero attached hydrogens (tertiary/aromatic N) is 1. The van der Waals surface area contributed by atoms with E-state index in [1.165, 1.54) is 5.54 Å². The summed E-state index contributed by atoms with van der Waals surface area (Å²) in [5.41, 5.74) is 2.57. The molecule has 21 heavy (non-hydrogen) atoms. The minimum atomic E-state index is -0.434. The number of hydrogen-bond acceptors (Lipinski definition) is 3. The van der Waals surface area contributed by atoms with Crippen LogP contribution in [-0.4, -0.2) is 41.7 Å². The molecule has 0 radical (unpaired) electrons. The molecule has 0 spiro atoms. The maximum Gasteiger partial charge on any atom is 0.256 e. The highest BCUT2D eigenvalue weighted by Gasteiger charge is 2.24. The number of carbonyl (C=O) groups is 1. The number of amides is 1. The van der Waals surface area contributed by atoms with Crippen LogP contribution in [0, 0.1) is 0 Å². The third kappa shape index (κ3) is 4.37. The van der Waals surface area contributed by atoms with Gasteiger partial charge in [0.2, 0.25) is 0 Å². The average molecular weight is 329 g/mol. The summed E-state index contributed by atoms with van der Waals surface area (Å²) < 4.78 is 0. The summed E-state index contributed by atoms with van der Waals surface area (Å²) >= 11 is 11.4. The van der Waals surface area contributed by atoms with Crippen LogP contribution in [0.3, 0.4) is 0 Å². The van der Waals surface area contributed by atoms with Gasteiger partial charge >= 0.3 is 0 Å². The molecule has 0 aromatic heterocycles. The van der Waals surface area contributed by atoms with E-state index >= 15 is 0 Å². The van der Waals surface area contributed by atoms with Gasteiger partial charge in [0.25, 0.3) is 5.91 Å². The summed E-state index contributed by atoms with van der Waals surface area (Å²) in [7, 11) is 0. The smallest absolute Gasteiger partial charge is 0.256 e. The minimum Gasteiger partial charge on any atom is -0.391 e. The third-order valence-corrected chi connectivity index (χ3v) is 4.03. The van der Waals surface area contributed by atoms with Crippen molar-refractivity contribution < 1.29 is 9.90 Å². The second kappa shape index (κ2) is 7.69. The van der Waals surface area contributed by atoms with Gasteiger partial charge < -0.3 is 15.3 Å². The van der Waals surface area contributed by atoms with Gasteiger partial charge in [-0.25, -0.2) is 0 Å². The van der Waals surface area contributed by atoms with Gasteiger partial charge in [-0.05, 0) is 25.0 Å². The van der Waals surface area contributed by atoms with E-state index in [0.29, 0.717) is 35.9 Å². The molecule has 0 aliphatic carbocycles. The first kappa shape index (κ1) is 16.1. The SMILES string of the molecule is O=C(c1ccccc1NC/C(Cl)=C/Cl)N1CCCC(O)C1. The van der Waals surface area contributed by atoms with Crippen LogP contribution >= 0.6 is 23.2 Å². The maximum absolute atomic E-state index is 12.6. The number of piperidine rings is 1. The Balaban J connectivity index is 2.13. The van der Waals surface area contributed by atoms with Crippen molar-refractivity contribution in [1.29, 1.82) is 0 Å². The zero-order valence-electron chi connectivity index (χ0n) is 11.6. The van der Waals surface area contributed by atoms with Crippen molar-refractivity contribution in [2.24, 2.45) is 0 Å². The van der Waals surface area contributed by atoms with E-state index in [9.17, 15) is 9.90 Å². The van der Waals surface area contributed by atoms with E-state index in [1.54, 1.807) is 11.0 Å². The fraction of sp³-hybridized carbons (Fsp3) is 0.400. The molecule has 0 saturated carbocycles. The van der Waals surface area contributed by atoms with Crippen LogP contribution in [0.5, 0.6) is 0 Å². The number of benzene rings is 1. The molecule has 0 bridgehead atoms. The van der Waals surface area contributed by atoms with Gasteiger partial charge in [0, 0.05) is 29.3 Å². The normalized spacial score (nSPS) is 19.5. The standard InChI is InChI=1S/C15H18Cl2N2O2/c16-8-11(17)9-18-14-6-2-1-5-13(14)15(21)19-7-3-4-12(20)10-19/h1-2,5-6,8,12,18,20H,3-4,7,9-10H2/b11-8-. The zero-order valence-corrected chi connectivity index (χ0v) is 13.1. The molecule has 1 unspecified atom stereocenters. The third-order valence-electron chi connectivity index (χ3n) is 3.41. The topological polar surface area (TPSA) is 52.6 Å². The Morgan fingerprint density at radius 3 is 2.95 bits per heavy atom. The number of likely N-dealkylation sites (tertiary alicyclic amines) is 1. The van der Waals surface area contributed by atoms with Crippen molar-refractivity contribution in [2.75, 3.05) is 25.0 Å².